The molecule has 19 heavy (non-hydrogen) atoms. The minimum absolute atomic E-state index is 0.0144. The van der Waals surface area contributed by atoms with Crippen molar-refractivity contribution in [1.82, 2.24) is 0 Å². The zero-order chi connectivity index (χ0) is 14.4. The predicted octanol–water partition coefficient (Wildman–Crippen LogP) is 2.54. The Kier molecular flexibility index (Phi) is 6.19. The second-order valence-electron chi connectivity index (χ2n) is 5.51. The number of carbonyl (C=O) groups excluding carboxylic acids is 3. The molecule has 1 aliphatic rings. The summed E-state index contributed by atoms with van der Waals surface area (Å²) in [5.74, 6) is -1.82. The molecule has 108 valence electrons. The summed E-state index contributed by atoms with van der Waals surface area (Å²) in [6.45, 7) is 5.43. The van der Waals surface area contributed by atoms with Crippen LogP contribution in [0.4, 0.5) is 0 Å². The first kappa shape index (κ1) is 15.9. The van der Waals surface area contributed by atoms with Gasteiger partial charge in [-0.1, -0.05) is 26.7 Å². The highest BCUT2D eigenvalue weighted by Crippen LogP contribution is 2.28. The van der Waals surface area contributed by atoms with Gasteiger partial charge < -0.3 is 4.74 Å². The van der Waals surface area contributed by atoms with Gasteiger partial charge in [0.25, 0.3) is 0 Å². The number of rotatable bonds is 7. The number of carbonyl (C=O) groups is 3. The molecule has 1 fully saturated rings. The Hall–Kier alpha value is -1.19. The zero-order valence-electron chi connectivity index (χ0n) is 12.1. The quantitative estimate of drug-likeness (QED) is 0.526. The molecule has 4 nitrogen and oxygen atoms in total. The maximum Gasteiger partial charge on any atom is 0.316 e. The van der Waals surface area contributed by atoms with E-state index in [0.29, 0.717) is 0 Å². The molecule has 0 aromatic rings. The molecule has 0 amide bonds. The molecule has 0 saturated heterocycles. The fourth-order valence-corrected chi connectivity index (χ4v) is 2.56. The third-order valence-corrected chi connectivity index (χ3v) is 3.70. The van der Waals surface area contributed by atoms with Gasteiger partial charge in [-0.25, -0.2) is 0 Å². The molecule has 0 radical (unpaired) electrons. The first-order chi connectivity index (χ1) is 8.97. The summed E-state index contributed by atoms with van der Waals surface area (Å²) >= 11 is 0. The molecule has 0 bridgehead atoms. The van der Waals surface area contributed by atoms with Gasteiger partial charge in [-0.05, 0) is 19.8 Å². The van der Waals surface area contributed by atoms with Crippen LogP contribution in [0.3, 0.4) is 0 Å². The summed E-state index contributed by atoms with van der Waals surface area (Å²) in [4.78, 5) is 36.0. The van der Waals surface area contributed by atoms with E-state index in [-0.39, 0.29) is 36.4 Å². The summed E-state index contributed by atoms with van der Waals surface area (Å²) < 4.78 is 4.93. The molecular formula is C15H24O4. The third-order valence-electron chi connectivity index (χ3n) is 3.70. The van der Waals surface area contributed by atoms with Gasteiger partial charge in [0.2, 0.25) is 0 Å². The summed E-state index contributed by atoms with van der Waals surface area (Å²) in [5, 5.41) is 0. The van der Waals surface area contributed by atoms with E-state index in [1.807, 2.05) is 0 Å². The molecule has 1 aliphatic carbocycles. The van der Waals surface area contributed by atoms with Gasteiger partial charge in [-0.3, -0.25) is 14.4 Å². The van der Waals surface area contributed by atoms with Crippen molar-refractivity contribution in [1.29, 1.82) is 0 Å². The zero-order valence-corrected chi connectivity index (χ0v) is 12.1. The number of ketones is 2. The lowest BCUT2D eigenvalue weighted by Gasteiger charge is -2.17. The molecule has 1 saturated carbocycles. The summed E-state index contributed by atoms with van der Waals surface area (Å²) in [6, 6.07) is 0. The summed E-state index contributed by atoms with van der Waals surface area (Å²) in [5.41, 5.74) is 0. The van der Waals surface area contributed by atoms with E-state index in [2.05, 4.69) is 0 Å². The Morgan fingerprint density at radius 3 is 2.21 bits per heavy atom. The number of hydrogen-bond acceptors (Lipinski definition) is 4. The van der Waals surface area contributed by atoms with Crippen LogP contribution in [0.5, 0.6) is 0 Å². The van der Waals surface area contributed by atoms with E-state index in [1.54, 1.807) is 20.8 Å². The lowest BCUT2D eigenvalue weighted by molar-refractivity contribution is -0.154. The Labute approximate surface area is 114 Å². The highest BCUT2D eigenvalue weighted by molar-refractivity contribution is 6.03. The van der Waals surface area contributed by atoms with E-state index >= 15 is 0 Å². The van der Waals surface area contributed by atoms with Gasteiger partial charge in [0, 0.05) is 18.3 Å². The van der Waals surface area contributed by atoms with E-state index < -0.39 is 11.9 Å². The second-order valence-corrected chi connectivity index (χ2v) is 5.51. The summed E-state index contributed by atoms with van der Waals surface area (Å²) in [7, 11) is 0. The minimum atomic E-state index is -0.909. The highest BCUT2D eigenvalue weighted by Gasteiger charge is 2.34. The fourth-order valence-electron chi connectivity index (χ4n) is 2.56. The summed E-state index contributed by atoms with van der Waals surface area (Å²) in [6.07, 6.45) is 3.94. The Balaban J connectivity index is 2.70. The van der Waals surface area contributed by atoms with Gasteiger partial charge in [-0.2, -0.15) is 0 Å². The molecular weight excluding hydrogens is 244 g/mol. The molecule has 0 aliphatic heterocycles. The van der Waals surface area contributed by atoms with Crippen molar-refractivity contribution in [2.45, 2.75) is 52.9 Å². The standard InChI is InChI=1S/C15H24O4/c1-4-19-15(18)12(14(17)10(2)3)9-13(16)11-7-5-6-8-11/h10-12H,4-9H2,1-3H3. The fraction of sp³-hybridized carbons (Fsp3) is 0.800. The van der Waals surface area contributed by atoms with Crippen LogP contribution in [-0.2, 0) is 19.1 Å². The molecule has 1 rings (SSSR count). The normalized spacial score (nSPS) is 17.5. The lowest BCUT2D eigenvalue weighted by Crippen LogP contribution is -2.32. The van der Waals surface area contributed by atoms with E-state index in [9.17, 15) is 14.4 Å². The molecule has 0 N–H and O–H groups in total. The Morgan fingerprint density at radius 1 is 1.16 bits per heavy atom. The monoisotopic (exact) mass is 268 g/mol. The topological polar surface area (TPSA) is 60.4 Å². The Bertz CT molecular complexity index is 340. The van der Waals surface area contributed by atoms with Gasteiger partial charge in [0.1, 0.15) is 17.5 Å². The van der Waals surface area contributed by atoms with Crippen molar-refractivity contribution in [2.75, 3.05) is 6.61 Å². The Morgan fingerprint density at radius 2 is 1.74 bits per heavy atom. The van der Waals surface area contributed by atoms with Crippen LogP contribution >= 0.6 is 0 Å². The van der Waals surface area contributed by atoms with Crippen LogP contribution in [0.25, 0.3) is 0 Å². The minimum Gasteiger partial charge on any atom is -0.465 e. The number of hydrogen-bond donors (Lipinski definition) is 0. The first-order valence-corrected chi connectivity index (χ1v) is 7.20. The van der Waals surface area contributed by atoms with Crippen LogP contribution in [0, 0.1) is 17.8 Å². The average Bonchev–Trinajstić information content (AvgIpc) is 2.88. The molecule has 0 aromatic heterocycles. The van der Waals surface area contributed by atoms with Gasteiger partial charge in [0.05, 0.1) is 6.61 Å². The van der Waals surface area contributed by atoms with Crippen LogP contribution in [-0.4, -0.2) is 24.1 Å². The predicted molar refractivity (Wildman–Crippen MR) is 71.6 cm³/mol. The highest BCUT2D eigenvalue weighted by atomic mass is 16.5. The molecule has 0 heterocycles. The van der Waals surface area contributed by atoms with E-state index in [0.717, 1.165) is 25.7 Å². The van der Waals surface area contributed by atoms with Crippen molar-refractivity contribution in [3.8, 4) is 0 Å². The molecule has 1 unspecified atom stereocenters. The van der Waals surface area contributed by atoms with Crippen LogP contribution in [0.15, 0.2) is 0 Å². The number of ether oxygens (including phenoxy) is 1. The molecule has 0 spiro atoms. The van der Waals surface area contributed by atoms with E-state index in [4.69, 9.17) is 4.74 Å². The van der Waals surface area contributed by atoms with Crippen molar-refractivity contribution >= 4 is 17.5 Å². The number of esters is 1. The molecule has 1 atom stereocenters. The van der Waals surface area contributed by atoms with Crippen LogP contribution < -0.4 is 0 Å². The number of Topliss-reactive ketones (excluding diaryl/α,β-unsaturated/α-hetero) is 2. The van der Waals surface area contributed by atoms with Crippen molar-refractivity contribution in [3.05, 3.63) is 0 Å². The van der Waals surface area contributed by atoms with Crippen LogP contribution in [0.2, 0.25) is 0 Å². The van der Waals surface area contributed by atoms with Crippen LogP contribution in [0.1, 0.15) is 52.9 Å². The third kappa shape index (κ3) is 4.44. The van der Waals surface area contributed by atoms with Gasteiger partial charge in [0.15, 0.2) is 0 Å². The average molecular weight is 268 g/mol. The first-order valence-electron chi connectivity index (χ1n) is 7.20. The van der Waals surface area contributed by atoms with Crippen molar-refractivity contribution < 1.29 is 19.1 Å². The maximum atomic E-state index is 12.1. The lowest BCUT2D eigenvalue weighted by atomic mass is 9.87. The smallest absolute Gasteiger partial charge is 0.316 e. The van der Waals surface area contributed by atoms with Gasteiger partial charge in [-0.15, -0.1) is 0 Å². The molecule has 0 aromatic carbocycles. The van der Waals surface area contributed by atoms with Crippen molar-refractivity contribution in [2.24, 2.45) is 17.8 Å². The van der Waals surface area contributed by atoms with Gasteiger partial charge >= 0.3 is 5.97 Å². The second kappa shape index (κ2) is 7.41. The van der Waals surface area contributed by atoms with E-state index in [1.165, 1.54) is 0 Å². The largest absolute Gasteiger partial charge is 0.465 e. The maximum absolute atomic E-state index is 12.1. The molecule has 4 heteroatoms. The SMILES string of the molecule is CCOC(=O)C(CC(=O)C1CCCC1)C(=O)C(C)C. The van der Waals surface area contributed by atoms with Crippen molar-refractivity contribution in [3.63, 3.8) is 0 Å².